The molecule has 2 unspecified atom stereocenters. The first-order valence-corrected chi connectivity index (χ1v) is 11.9. The van der Waals surface area contributed by atoms with E-state index in [1.54, 1.807) is 0 Å². The summed E-state index contributed by atoms with van der Waals surface area (Å²) < 4.78 is 21.6. The van der Waals surface area contributed by atoms with E-state index in [4.69, 9.17) is 9.47 Å². The largest absolute Gasteiger partial charge is 0.476 e. The van der Waals surface area contributed by atoms with Gasteiger partial charge in [0, 0.05) is 19.7 Å². The standard InChI is InChI=1S/C21H37N3O2S/c1-3-5-7-9-15-25-20-19(22-27-23-20)18-17-11-13-24(14-12-17)21(18)26-16-10-8-6-4-2/h17-18,21H,3-16H2,1-2H3. The summed E-state index contributed by atoms with van der Waals surface area (Å²) in [5.41, 5.74) is 1.06. The minimum absolute atomic E-state index is 0.158. The first kappa shape index (κ1) is 21.0. The van der Waals surface area contributed by atoms with Gasteiger partial charge in [-0.25, -0.2) is 0 Å². The van der Waals surface area contributed by atoms with E-state index in [9.17, 15) is 0 Å². The molecule has 2 bridgehead atoms. The number of fused-ring (bicyclic) bond motifs is 3. The van der Waals surface area contributed by atoms with Crippen LogP contribution in [0, 0.1) is 5.92 Å². The Bertz CT molecular complexity index is 531. The van der Waals surface area contributed by atoms with Crippen molar-refractivity contribution in [3.63, 3.8) is 0 Å². The molecule has 27 heavy (non-hydrogen) atoms. The Morgan fingerprint density at radius 3 is 2.33 bits per heavy atom. The van der Waals surface area contributed by atoms with Crippen molar-refractivity contribution in [2.75, 3.05) is 26.3 Å². The van der Waals surface area contributed by atoms with Crippen LogP contribution in [0.1, 0.15) is 89.7 Å². The van der Waals surface area contributed by atoms with E-state index < -0.39 is 0 Å². The number of rotatable bonds is 13. The van der Waals surface area contributed by atoms with E-state index in [0.717, 1.165) is 50.7 Å². The number of nitrogens with zero attached hydrogens (tertiary/aromatic N) is 3. The molecule has 3 aliphatic heterocycles. The zero-order chi connectivity index (χ0) is 18.9. The molecule has 0 radical (unpaired) electrons. The molecule has 3 aliphatic rings. The van der Waals surface area contributed by atoms with Gasteiger partial charge in [0.15, 0.2) is 0 Å². The highest BCUT2D eigenvalue weighted by Crippen LogP contribution is 2.45. The maximum absolute atomic E-state index is 6.42. The SMILES string of the molecule is CCCCCCOc1nsnc1C1C2CCN(CC2)C1OCCCCCC. The molecule has 0 amide bonds. The highest BCUT2D eigenvalue weighted by Gasteiger charge is 2.46. The normalized spacial score (nSPS) is 27.2. The van der Waals surface area contributed by atoms with Crippen LogP contribution in [0.2, 0.25) is 0 Å². The van der Waals surface area contributed by atoms with E-state index in [1.165, 1.54) is 63.1 Å². The van der Waals surface area contributed by atoms with Gasteiger partial charge in [-0.3, -0.25) is 4.90 Å². The van der Waals surface area contributed by atoms with Gasteiger partial charge >= 0.3 is 0 Å². The van der Waals surface area contributed by atoms with Crippen LogP contribution in [0.3, 0.4) is 0 Å². The molecule has 154 valence electrons. The molecule has 4 heterocycles. The minimum Gasteiger partial charge on any atom is -0.476 e. The minimum atomic E-state index is 0.158. The molecule has 6 heteroatoms. The molecular weight excluding hydrogens is 358 g/mol. The topological polar surface area (TPSA) is 47.5 Å². The highest BCUT2D eigenvalue weighted by molar-refractivity contribution is 6.99. The molecular formula is C21H37N3O2S. The Labute approximate surface area is 169 Å². The molecule has 0 spiro atoms. The lowest BCUT2D eigenvalue weighted by Crippen LogP contribution is -2.54. The van der Waals surface area contributed by atoms with Gasteiger partial charge < -0.3 is 9.47 Å². The maximum atomic E-state index is 6.42. The third-order valence-corrected chi connectivity index (χ3v) is 6.60. The average Bonchev–Trinajstić information content (AvgIpc) is 3.16. The molecule has 5 nitrogen and oxygen atoms in total. The lowest BCUT2D eigenvalue weighted by atomic mass is 9.76. The molecule has 3 fully saturated rings. The Balaban J connectivity index is 1.59. The van der Waals surface area contributed by atoms with Gasteiger partial charge in [0.05, 0.1) is 24.3 Å². The summed E-state index contributed by atoms with van der Waals surface area (Å²) in [6, 6.07) is 0. The highest BCUT2D eigenvalue weighted by atomic mass is 32.1. The fraction of sp³-hybridized carbons (Fsp3) is 0.905. The Kier molecular flexibility index (Phi) is 8.81. The van der Waals surface area contributed by atoms with Crippen molar-refractivity contribution >= 4 is 11.7 Å². The van der Waals surface area contributed by atoms with Crippen LogP contribution in [0.15, 0.2) is 0 Å². The summed E-state index contributed by atoms with van der Waals surface area (Å²) in [4.78, 5) is 2.52. The average molecular weight is 396 g/mol. The number of hydrogen-bond acceptors (Lipinski definition) is 6. The van der Waals surface area contributed by atoms with Gasteiger partial charge in [-0.15, -0.1) is 4.37 Å². The summed E-state index contributed by atoms with van der Waals surface area (Å²) in [6.45, 7) is 8.41. The number of piperidine rings is 3. The molecule has 1 aromatic heterocycles. The maximum Gasteiger partial charge on any atom is 0.249 e. The van der Waals surface area contributed by atoms with Crippen molar-refractivity contribution in [2.45, 2.75) is 90.2 Å². The van der Waals surface area contributed by atoms with Crippen molar-refractivity contribution in [3.8, 4) is 5.88 Å². The first-order chi connectivity index (χ1) is 13.3. The van der Waals surface area contributed by atoms with E-state index >= 15 is 0 Å². The third kappa shape index (κ3) is 5.64. The van der Waals surface area contributed by atoms with Crippen molar-refractivity contribution < 1.29 is 9.47 Å². The summed E-state index contributed by atoms with van der Waals surface area (Å²) in [5.74, 6) is 1.75. The number of aromatic nitrogens is 2. The van der Waals surface area contributed by atoms with Gasteiger partial charge in [0.25, 0.3) is 0 Å². The Hall–Kier alpha value is -0.720. The van der Waals surface area contributed by atoms with Crippen molar-refractivity contribution in [1.29, 1.82) is 0 Å². The smallest absolute Gasteiger partial charge is 0.249 e. The summed E-state index contributed by atoms with van der Waals surface area (Å²) in [6.07, 6.45) is 12.5. The van der Waals surface area contributed by atoms with E-state index in [1.807, 2.05) is 0 Å². The zero-order valence-corrected chi connectivity index (χ0v) is 18.0. The summed E-state index contributed by atoms with van der Waals surface area (Å²) in [5, 5.41) is 0. The molecule has 0 aromatic carbocycles. The van der Waals surface area contributed by atoms with Crippen LogP contribution >= 0.6 is 11.7 Å². The van der Waals surface area contributed by atoms with Crippen LogP contribution < -0.4 is 4.74 Å². The summed E-state index contributed by atoms with van der Waals surface area (Å²) >= 11 is 1.29. The second kappa shape index (κ2) is 11.3. The lowest BCUT2D eigenvalue weighted by molar-refractivity contribution is -0.137. The predicted molar refractivity (Wildman–Crippen MR) is 110 cm³/mol. The van der Waals surface area contributed by atoms with Crippen LogP contribution in [0.25, 0.3) is 0 Å². The zero-order valence-electron chi connectivity index (χ0n) is 17.2. The Morgan fingerprint density at radius 2 is 1.63 bits per heavy atom. The van der Waals surface area contributed by atoms with Crippen LogP contribution in [-0.2, 0) is 4.74 Å². The van der Waals surface area contributed by atoms with E-state index in [0.29, 0.717) is 11.8 Å². The molecule has 3 saturated heterocycles. The van der Waals surface area contributed by atoms with Gasteiger partial charge in [-0.2, -0.15) is 4.37 Å². The quantitative estimate of drug-likeness (QED) is 0.428. The van der Waals surface area contributed by atoms with Gasteiger partial charge in [0.1, 0.15) is 11.9 Å². The van der Waals surface area contributed by atoms with Crippen LogP contribution in [0.5, 0.6) is 5.88 Å². The molecule has 0 aliphatic carbocycles. The second-order valence-electron chi connectivity index (χ2n) is 8.08. The molecule has 0 saturated carbocycles. The first-order valence-electron chi connectivity index (χ1n) is 11.2. The van der Waals surface area contributed by atoms with Gasteiger partial charge in [-0.1, -0.05) is 52.4 Å². The monoisotopic (exact) mass is 395 g/mol. The fourth-order valence-corrected chi connectivity index (χ4v) is 5.03. The van der Waals surface area contributed by atoms with Crippen LogP contribution in [0.4, 0.5) is 0 Å². The Morgan fingerprint density at radius 1 is 0.926 bits per heavy atom. The van der Waals surface area contributed by atoms with Gasteiger partial charge in [0.2, 0.25) is 5.88 Å². The van der Waals surface area contributed by atoms with E-state index in [-0.39, 0.29) is 6.23 Å². The molecule has 1 aromatic rings. The molecule has 0 N–H and O–H groups in total. The van der Waals surface area contributed by atoms with E-state index in [2.05, 4.69) is 27.5 Å². The molecule has 2 atom stereocenters. The summed E-state index contributed by atoms with van der Waals surface area (Å²) in [7, 11) is 0. The second-order valence-corrected chi connectivity index (χ2v) is 8.61. The molecule has 4 rings (SSSR count). The number of unbranched alkanes of at least 4 members (excludes halogenated alkanes) is 6. The number of hydrogen-bond donors (Lipinski definition) is 0. The van der Waals surface area contributed by atoms with Crippen molar-refractivity contribution in [1.82, 2.24) is 13.6 Å². The van der Waals surface area contributed by atoms with Gasteiger partial charge in [-0.05, 0) is 31.6 Å². The van der Waals surface area contributed by atoms with Crippen molar-refractivity contribution in [3.05, 3.63) is 5.69 Å². The predicted octanol–water partition coefficient (Wildman–Crippen LogP) is 5.23. The fourth-order valence-electron chi connectivity index (χ4n) is 4.48. The number of ether oxygens (including phenoxy) is 2. The third-order valence-electron chi connectivity index (χ3n) is 6.07. The lowest BCUT2D eigenvalue weighted by Gasteiger charge is -2.49. The van der Waals surface area contributed by atoms with Crippen LogP contribution in [-0.4, -0.2) is 46.2 Å². The van der Waals surface area contributed by atoms with Crippen molar-refractivity contribution in [2.24, 2.45) is 5.92 Å².